The Morgan fingerprint density at radius 3 is 2.80 bits per heavy atom. The molecular weight excluding hydrogens is 334 g/mol. The van der Waals surface area contributed by atoms with Crippen LogP contribution in [-0.4, -0.2) is 19.7 Å². The number of methoxy groups -OCH3 is 1. The predicted molar refractivity (Wildman–Crippen MR) is 89.9 cm³/mol. The van der Waals surface area contributed by atoms with E-state index >= 15 is 0 Å². The number of hydrogen-bond donors (Lipinski definition) is 1. The van der Waals surface area contributed by atoms with Crippen molar-refractivity contribution in [3.05, 3.63) is 50.6 Å². The molecule has 0 aliphatic carbocycles. The second-order valence-electron chi connectivity index (χ2n) is 4.71. The summed E-state index contributed by atoms with van der Waals surface area (Å²) in [6.07, 6.45) is 2.05. The highest BCUT2D eigenvalue weighted by molar-refractivity contribution is 9.10. The van der Waals surface area contributed by atoms with E-state index in [1.807, 2.05) is 17.4 Å². The molecule has 1 N–H and O–H groups in total. The first kappa shape index (κ1) is 15.5. The Morgan fingerprint density at radius 1 is 1.30 bits per heavy atom. The highest BCUT2D eigenvalue weighted by Crippen LogP contribution is 2.25. The zero-order valence-electron chi connectivity index (χ0n) is 11.9. The average molecular weight is 354 g/mol. The van der Waals surface area contributed by atoms with Crippen LogP contribution in [0.3, 0.4) is 0 Å². The first-order valence-electron chi connectivity index (χ1n) is 6.81. The van der Waals surface area contributed by atoms with Crippen molar-refractivity contribution in [2.24, 2.45) is 0 Å². The van der Waals surface area contributed by atoms with Crippen molar-refractivity contribution in [1.29, 1.82) is 0 Å². The normalized spacial score (nSPS) is 12.3. The van der Waals surface area contributed by atoms with Crippen molar-refractivity contribution in [2.45, 2.75) is 25.8 Å². The van der Waals surface area contributed by atoms with E-state index in [9.17, 15) is 0 Å². The van der Waals surface area contributed by atoms with Crippen LogP contribution in [0, 0.1) is 0 Å². The molecule has 0 radical (unpaired) electrons. The maximum absolute atomic E-state index is 5.30. The lowest BCUT2D eigenvalue weighted by molar-refractivity contribution is 0.413. The van der Waals surface area contributed by atoms with Gasteiger partial charge >= 0.3 is 0 Å². The zero-order valence-corrected chi connectivity index (χ0v) is 14.3. The van der Waals surface area contributed by atoms with Gasteiger partial charge in [0, 0.05) is 15.4 Å². The first-order chi connectivity index (χ1) is 9.72. The maximum Gasteiger partial charge on any atom is 0.119 e. The van der Waals surface area contributed by atoms with Crippen molar-refractivity contribution in [3.63, 3.8) is 0 Å². The summed E-state index contributed by atoms with van der Waals surface area (Å²) in [6, 6.07) is 10.9. The van der Waals surface area contributed by atoms with Gasteiger partial charge in [0.1, 0.15) is 5.75 Å². The molecule has 0 amide bonds. The lowest BCUT2D eigenvalue weighted by Gasteiger charge is -2.18. The molecule has 4 heteroatoms. The van der Waals surface area contributed by atoms with Crippen molar-refractivity contribution >= 4 is 27.3 Å². The third-order valence-electron chi connectivity index (χ3n) is 3.23. The minimum absolute atomic E-state index is 0.446. The molecule has 108 valence electrons. The number of nitrogens with one attached hydrogen (secondary N) is 1. The number of likely N-dealkylation sites (N-methyl/N-ethyl adjacent to an activating group) is 1. The molecule has 1 atom stereocenters. The summed E-state index contributed by atoms with van der Waals surface area (Å²) in [7, 11) is 1.71. The summed E-state index contributed by atoms with van der Waals surface area (Å²) in [6.45, 7) is 3.14. The number of hydrogen-bond acceptors (Lipinski definition) is 3. The van der Waals surface area contributed by atoms with Gasteiger partial charge in [0.25, 0.3) is 0 Å². The number of halogens is 1. The van der Waals surface area contributed by atoms with Crippen LogP contribution in [0.15, 0.2) is 40.2 Å². The van der Waals surface area contributed by atoms with Crippen LogP contribution < -0.4 is 10.1 Å². The topological polar surface area (TPSA) is 21.3 Å². The summed E-state index contributed by atoms with van der Waals surface area (Å²) in [4.78, 5) is 1.40. The highest BCUT2D eigenvalue weighted by Gasteiger charge is 2.12. The summed E-state index contributed by atoms with van der Waals surface area (Å²) in [5.41, 5.74) is 1.31. The molecular formula is C16H20BrNOS. The van der Waals surface area contributed by atoms with E-state index in [-0.39, 0.29) is 0 Å². The number of benzene rings is 1. The van der Waals surface area contributed by atoms with Gasteiger partial charge in [-0.25, -0.2) is 0 Å². The molecule has 0 spiro atoms. The van der Waals surface area contributed by atoms with Crippen LogP contribution in [0.2, 0.25) is 0 Å². The van der Waals surface area contributed by atoms with Crippen LogP contribution >= 0.6 is 27.3 Å². The molecule has 0 fully saturated rings. The van der Waals surface area contributed by atoms with Gasteiger partial charge in [-0.15, -0.1) is 11.3 Å². The van der Waals surface area contributed by atoms with Gasteiger partial charge in [-0.2, -0.15) is 0 Å². The van der Waals surface area contributed by atoms with Crippen LogP contribution in [0.5, 0.6) is 5.75 Å². The predicted octanol–water partition coefficient (Wildman–Crippen LogP) is 4.28. The zero-order chi connectivity index (χ0) is 14.4. The molecule has 0 aliphatic heterocycles. The van der Waals surface area contributed by atoms with Crippen molar-refractivity contribution in [2.75, 3.05) is 13.7 Å². The smallest absolute Gasteiger partial charge is 0.119 e. The van der Waals surface area contributed by atoms with Crippen LogP contribution in [0.25, 0.3) is 0 Å². The molecule has 0 aliphatic rings. The Kier molecular flexibility index (Phi) is 6.07. The van der Waals surface area contributed by atoms with Gasteiger partial charge in [-0.3, -0.25) is 0 Å². The summed E-state index contributed by atoms with van der Waals surface area (Å²) in [5, 5.41) is 5.71. The lowest BCUT2D eigenvalue weighted by Crippen LogP contribution is -2.32. The van der Waals surface area contributed by atoms with Crippen molar-refractivity contribution < 1.29 is 4.74 Å². The fourth-order valence-corrected chi connectivity index (χ4v) is 3.88. The monoisotopic (exact) mass is 353 g/mol. The number of ether oxygens (including phenoxy) is 1. The Hall–Kier alpha value is -0.840. The summed E-state index contributed by atoms with van der Waals surface area (Å²) in [5.74, 6) is 0.926. The fourth-order valence-electron chi connectivity index (χ4n) is 2.28. The fraction of sp³-hybridized carbons (Fsp3) is 0.375. The van der Waals surface area contributed by atoms with Gasteiger partial charge in [0.05, 0.1) is 7.11 Å². The molecule has 1 unspecified atom stereocenters. The van der Waals surface area contributed by atoms with E-state index in [0.717, 1.165) is 25.1 Å². The molecule has 1 aromatic heterocycles. The molecule has 2 rings (SSSR count). The molecule has 2 aromatic rings. The second kappa shape index (κ2) is 7.81. The maximum atomic E-state index is 5.30. The summed E-state index contributed by atoms with van der Waals surface area (Å²) < 4.78 is 6.51. The minimum atomic E-state index is 0.446. The second-order valence-corrected chi connectivity index (χ2v) is 6.56. The van der Waals surface area contributed by atoms with E-state index in [4.69, 9.17) is 4.74 Å². The average Bonchev–Trinajstić information content (AvgIpc) is 2.85. The molecule has 0 saturated carbocycles. The molecule has 0 saturated heterocycles. The molecule has 20 heavy (non-hydrogen) atoms. The SMILES string of the molecule is CCNC(Cc1cccc(OC)c1)Cc1sccc1Br. The quantitative estimate of drug-likeness (QED) is 0.801. The standard InChI is InChI=1S/C16H20BrNOS/c1-3-18-13(11-16-15(17)7-8-20-16)9-12-5-4-6-14(10-12)19-2/h4-8,10,13,18H,3,9,11H2,1-2H3. The van der Waals surface area contributed by atoms with Crippen molar-refractivity contribution in [3.8, 4) is 5.75 Å². The number of rotatable bonds is 7. The van der Waals surface area contributed by atoms with Gasteiger partial charge < -0.3 is 10.1 Å². The van der Waals surface area contributed by atoms with Gasteiger partial charge in [-0.05, 0) is 64.5 Å². The Morgan fingerprint density at radius 2 is 2.15 bits per heavy atom. The van der Waals surface area contributed by atoms with E-state index in [1.54, 1.807) is 7.11 Å². The van der Waals surface area contributed by atoms with E-state index < -0.39 is 0 Å². The van der Waals surface area contributed by atoms with E-state index in [0.29, 0.717) is 6.04 Å². The molecule has 1 heterocycles. The third-order valence-corrected chi connectivity index (χ3v) is 5.18. The highest BCUT2D eigenvalue weighted by atomic mass is 79.9. The van der Waals surface area contributed by atoms with Gasteiger partial charge in [0.2, 0.25) is 0 Å². The van der Waals surface area contributed by atoms with Gasteiger partial charge in [-0.1, -0.05) is 19.1 Å². The van der Waals surface area contributed by atoms with Crippen LogP contribution in [0.1, 0.15) is 17.4 Å². The van der Waals surface area contributed by atoms with Gasteiger partial charge in [0.15, 0.2) is 0 Å². The van der Waals surface area contributed by atoms with Crippen LogP contribution in [0.4, 0.5) is 0 Å². The number of thiophene rings is 1. The Bertz CT molecular complexity index is 541. The molecule has 1 aromatic carbocycles. The van der Waals surface area contributed by atoms with Crippen molar-refractivity contribution in [1.82, 2.24) is 5.32 Å². The van der Waals surface area contributed by atoms with E-state index in [1.165, 1.54) is 14.9 Å². The first-order valence-corrected chi connectivity index (χ1v) is 8.48. The largest absolute Gasteiger partial charge is 0.497 e. The minimum Gasteiger partial charge on any atom is -0.497 e. The molecule has 2 nitrogen and oxygen atoms in total. The Labute approximate surface area is 133 Å². The van der Waals surface area contributed by atoms with E-state index in [2.05, 4.69) is 57.8 Å². The van der Waals surface area contributed by atoms with Crippen LogP contribution in [-0.2, 0) is 12.8 Å². The Balaban J connectivity index is 2.06. The molecule has 0 bridgehead atoms. The third kappa shape index (κ3) is 4.33. The lowest BCUT2D eigenvalue weighted by atomic mass is 10.0. The summed E-state index contributed by atoms with van der Waals surface area (Å²) >= 11 is 5.43.